The summed E-state index contributed by atoms with van der Waals surface area (Å²) in [4.78, 5) is 12.0. The molecule has 1 rings (SSSR count). The molecule has 0 bridgehead atoms. The molecule has 1 aliphatic heterocycles. The van der Waals surface area contributed by atoms with Crippen molar-refractivity contribution in [1.82, 2.24) is 4.90 Å². The first-order chi connectivity index (χ1) is 5.57. The van der Waals surface area contributed by atoms with Gasteiger partial charge in [0.05, 0.1) is 5.60 Å². The third-order valence-electron chi connectivity index (χ3n) is 2.19. The molecule has 12 heavy (non-hydrogen) atoms. The van der Waals surface area contributed by atoms with Crippen LogP contribution in [0.5, 0.6) is 0 Å². The highest BCUT2D eigenvalue weighted by Gasteiger charge is 2.33. The van der Waals surface area contributed by atoms with Crippen molar-refractivity contribution in [3.05, 3.63) is 0 Å². The van der Waals surface area contributed by atoms with E-state index < -0.39 is 17.6 Å². The molecule has 70 valence electrons. The van der Waals surface area contributed by atoms with Gasteiger partial charge in [-0.25, -0.2) is 4.39 Å². The lowest BCUT2D eigenvalue weighted by atomic mass is 9.93. The van der Waals surface area contributed by atoms with Crippen LogP contribution < -0.4 is 0 Å². The van der Waals surface area contributed by atoms with Crippen molar-refractivity contribution >= 4 is 17.0 Å². The second-order valence-electron chi connectivity index (χ2n) is 3.10. The van der Waals surface area contributed by atoms with E-state index in [1.807, 2.05) is 0 Å². The predicted molar refractivity (Wildman–Crippen MR) is 43.0 cm³/mol. The number of amides is 1. The van der Waals surface area contributed by atoms with E-state index in [9.17, 15) is 14.3 Å². The molecule has 0 spiro atoms. The van der Waals surface area contributed by atoms with E-state index in [1.165, 1.54) is 4.90 Å². The molecule has 0 aromatic rings. The molecule has 1 amide bonds. The van der Waals surface area contributed by atoms with Crippen LogP contribution in [0.25, 0.3) is 0 Å². The van der Waals surface area contributed by atoms with Gasteiger partial charge in [-0.3, -0.25) is 4.79 Å². The van der Waals surface area contributed by atoms with Crippen LogP contribution in [-0.4, -0.2) is 40.7 Å². The summed E-state index contributed by atoms with van der Waals surface area (Å²) in [6.45, 7) is -0.0805. The van der Waals surface area contributed by atoms with Crippen molar-refractivity contribution in [2.45, 2.75) is 18.4 Å². The van der Waals surface area contributed by atoms with E-state index >= 15 is 0 Å². The molecule has 0 aromatic heterocycles. The molecule has 1 N–H and O–H groups in total. The minimum absolute atomic E-state index is 0.266. The van der Waals surface area contributed by atoms with E-state index in [1.54, 1.807) is 0 Å². The topological polar surface area (TPSA) is 40.5 Å². The molecule has 3 nitrogen and oxygen atoms in total. The number of hydrogen-bond acceptors (Lipinski definition) is 2. The average molecular weight is 196 g/mol. The SMILES string of the molecule is O=C(Cl)N1CCC(O)(CF)CC1. The lowest BCUT2D eigenvalue weighted by Crippen LogP contribution is -2.46. The Balaban J connectivity index is 2.44. The van der Waals surface area contributed by atoms with Crippen LogP contribution in [0, 0.1) is 0 Å². The zero-order valence-electron chi connectivity index (χ0n) is 6.59. The standard InChI is InChI=1S/C7H11ClFNO2/c8-6(11)10-3-1-7(12,5-9)2-4-10/h12H,1-5H2. The van der Waals surface area contributed by atoms with Gasteiger partial charge in [0.25, 0.3) is 0 Å². The maximum atomic E-state index is 12.2. The molecular weight excluding hydrogens is 185 g/mol. The Labute approximate surface area is 75.1 Å². The van der Waals surface area contributed by atoms with Gasteiger partial charge in [0.2, 0.25) is 0 Å². The van der Waals surface area contributed by atoms with E-state index in [-0.39, 0.29) is 12.8 Å². The number of carbonyl (C=O) groups is 1. The Hall–Kier alpha value is -0.350. The maximum absolute atomic E-state index is 12.2. The van der Waals surface area contributed by atoms with E-state index in [4.69, 9.17) is 11.6 Å². The highest BCUT2D eigenvalue weighted by atomic mass is 35.5. The summed E-state index contributed by atoms with van der Waals surface area (Å²) < 4.78 is 12.2. The van der Waals surface area contributed by atoms with Crippen LogP contribution >= 0.6 is 11.6 Å². The quantitative estimate of drug-likeness (QED) is 0.504. The average Bonchev–Trinajstić information content (AvgIpc) is 2.05. The molecule has 1 saturated heterocycles. The monoisotopic (exact) mass is 195 g/mol. The summed E-state index contributed by atoms with van der Waals surface area (Å²) in [5.74, 6) is 0. The van der Waals surface area contributed by atoms with Crippen LogP contribution in [0.4, 0.5) is 9.18 Å². The van der Waals surface area contributed by atoms with E-state index in [0.29, 0.717) is 13.1 Å². The first-order valence-electron chi connectivity index (χ1n) is 3.80. The lowest BCUT2D eigenvalue weighted by Gasteiger charge is -2.35. The fraction of sp³-hybridized carbons (Fsp3) is 0.857. The predicted octanol–water partition coefficient (Wildman–Crippen LogP) is 1.14. The normalized spacial score (nSPS) is 22.4. The van der Waals surface area contributed by atoms with Crippen molar-refractivity contribution < 1.29 is 14.3 Å². The third-order valence-corrected chi connectivity index (χ3v) is 2.43. The molecule has 5 heteroatoms. The molecule has 0 unspecified atom stereocenters. The van der Waals surface area contributed by atoms with Crippen molar-refractivity contribution in [2.75, 3.05) is 19.8 Å². The van der Waals surface area contributed by atoms with Gasteiger partial charge in [0.15, 0.2) is 0 Å². The van der Waals surface area contributed by atoms with Crippen LogP contribution in [0.3, 0.4) is 0 Å². The summed E-state index contributed by atoms with van der Waals surface area (Å²) in [5.41, 5.74) is -1.23. The molecule has 1 heterocycles. The number of piperidine rings is 1. The zero-order valence-corrected chi connectivity index (χ0v) is 7.35. The van der Waals surface area contributed by atoms with Gasteiger partial charge in [-0.15, -0.1) is 0 Å². The van der Waals surface area contributed by atoms with Gasteiger partial charge in [-0.1, -0.05) is 0 Å². The summed E-state index contributed by atoms with van der Waals surface area (Å²) in [7, 11) is 0. The fourth-order valence-electron chi connectivity index (χ4n) is 1.23. The summed E-state index contributed by atoms with van der Waals surface area (Å²) in [5, 5.41) is 8.89. The summed E-state index contributed by atoms with van der Waals surface area (Å²) in [6, 6.07) is 0. The van der Waals surface area contributed by atoms with Crippen LogP contribution in [0.2, 0.25) is 0 Å². The highest BCUT2D eigenvalue weighted by molar-refractivity contribution is 6.62. The molecule has 1 fully saturated rings. The number of aliphatic hydroxyl groups is 1. The molecule has 0 saturated carbocycles. The first-order valence-corrected chi connectivity index (χ1v) is 4.18. The minimum Gasteiger partial charge on any atom is -0.387 e. The molecule has 0 aromatic carbocycles. The Bertz CT molecular complexity index is 180. The number of halogens is 2. The number of rotatable bonds is 1. The van der Waals surface area contributed by atoms with Gasteiger partial charge in [0, 0.05) is 13.1 Å². The summed E-state index contributed by atoms with van der Waals surface area (Å²) in [6.07, 6.45) is 0.532. The summed E-state index contributed by atoms with van der Waals surface area (Å²) >= 11 is 5.20. The van der Waals surface area contributed by atoms with Gasteiger partial charge in [-0.05, 0) is 24.4 Å². The fourth-order valence-corrected chi connectivity index (χ4v) is 1.40. The Morgan fingerprint density at radius 3 is 2.42 bits per heavy atom. The van der Waals surface area contributed by atoms with E-state index in [2.05, 4.69) is 0 Å². The van der Waals surface area contributed by atoms with Gasteiger partial charge in [0.1, 0.15) is 6.67 Å². The molecule has 0 atom stereocenters. The van der Waals surface area contributed by atoms with Crippen molar-refractivity contribution in [2.24, 2.45) is 0 Å². The lowest BCUT2D eigenvalue weighted by molar-refractivity contribution is -0.0286. The second-order valence-corrected chi connectivity index (χ2v) is 3.42. The number of hydrogen-bond donors (Lipinski definition) is 1. The van der Waals surface area contributed by atoms with Gasteiger partial charge >= 0.3 is 5.37 Å². The Kier molecular flexibility index (Phi) is 2.90. The first kappa shape index (κ1) is 9.74. The minimum atomic E-state index is -1.23. The smallest absolute Gasteiger partial charge is 0.316 e. The Morgan fingerprint density at radius 2 is 2.08 bits per heavy atom. The number of alkyl halides is 1. The van der Waals surface area contributed by atoms with Gasteiger partial charge < -0.3 is 10.0 Å². The number of likely N-dealkylation sites (tertiary alicyclic amines) is 1. The van der Waals surface area contributed by atoms with Crippen molar-refractivity contribution in [1.29, 1.82) is 0 Å². The van der Waals surface area contributed by atoms with Crippen LogP contribution in [0.1, 0.15) is 12.8 Å². The molecule has 0 aliphatic carbocycles. The second kappa shape index (κ2) is 3.58. The van der Waals surface area contributed by atoms with Crippen molar-refractivity contribution in [3.8, 4) is 0 Å². The molecular formula is C7H11ClFNO2. The third kappa shape index (κ3) is 2.08. The Morgan fingerprint density at radius 1 is 1.58 bits per heavy atom. The van der Waals surface area contributed by atoms with E-state index in [0.717, 1.165) is 0 Å². The van der Waals surface area contributed by atoms with Crippen molar-refractivity contribution in [3.63, 3.8) is 0 Å². The van der Waals surface area contributed by atoms with Gasteiger partial charge in [-0.2, -0.15) is 0 Å². The number of carbonyl (C=O) groups excluding carboxylic acids is 1. The van der Waals surface area contributed by atoms with Crippen LogP contribution in [0.15, 0.2) is 0 Å². The van der Waals surface area contributed by atoms with Crippen LogP contribution in [-0.2, 0) is 0 Å². The zero-order chi connectivity index (χ0) is 9.19. The molecule has 0 radical (unpaired) electrons. The highest BCUT2D eigenvalue weighted by Crippen LogP contribution is 2.23. The number of nitrogens with zero attached hydrogens (tertiary/aromatic N) is 1. The molecule has 1 aliphatic rings. The maximum Gasteiger partial charge on any atom is 0.316 e. The largest absolute Gasteiger partial charge is 0.387 e.